The molecule has 0 spiro atoms. The molecule has 1 N–H and O–H groups in total. The Balaban J connectivity index is 2.06. The zero-order valence-electron chi connectivity index (χ0n) is 11.4. The van der Waals surface area contributed by atoms with Crippen molar-refractivity contribution >= 4 is 15.9 Å². The van der Waals surface area contributed by atoms with Crippen LogP contribution in [0.2, 0.25) is 0 Å². The van der Waals surface area contributed by atoms with Gasteiger partial charge in [-0.15, -0.1) is 0 Å². The summed E-state index contributed by atoms with van der Waals surface area (Å²) in [5, 5.41) is 3.49. The van der Waals surface area contributed by atoms with Crippen LogP contribution in [0.5, 0.6) is 11.5 Å². The van der Waals surface area contributed by atoms with Crippen molar-refractivity contribution in [1.82, 2.24) is 5.32 Å². The van der Waals surface area contributed by atoms with Crippen LogP contribution in [0.15, 0.2) is 16.6 Å². The van der Waals surface area contributed by atoms with Gasteiger partial charge < -0.3 is 19.5 Å². The van der Waals surface area contributed by atoms with E-state index in [1.807, 2.05) is 13.0 Å². The Morgan fingerprint density at radius 1 is 1.47 bits per heavy atom. The number of halogens is 1. The number of methoxy groups -OCH3 is 1. The molecule has 1 heterocycles. The highest BCUT2D eigenvalue weighted by Crippen LogP contribution is 2.36. The predicted molar refractivity (Wildman–Crippen MR) is 77.9 cm³/mol. The third-order valence-electron chi connectivity index (χ3n) is 3.10. The van der Waals surface area contributed by atoms with Crippen LogP contribution in [0.3, 0.4) is 0 Å². The Morgan fingerprint density at radius 2 is 2.32 bits per heavy atom. The lowest BCUT2D eigenvalue weighted by molar-refractivity contribution is 0.190. The monoisotopic (exact) mass is 329 g/mol. The molecule has 0 aromatic heterocycles. The van der Waals surface area contributed by atoms with Gasteiger partial charge in [-0.3, -0.25) is 0 Å². The largest absolute Gasteiger partial charge is 0.493 e. The molecule has 1 aromatic carbocycles. The first-order chi connectivity index (χ1) is 9.24. The van der Waals surface area contributed by atoms with Crippen molar-refractivity contribution in [2.24, 2.45) is 0 Å². The molecule has 2 rings (SSSR count). The summed E-state index contributed by atoms with van der Waals surface area (Å²) in [4.78, 5) is 0. The van der Waals surface area contributed by atoms with Crippen molar-refractivity contribution in [3.63, 3.8) is 0 Å². The summed E-state index contributed by atoms with van der Waals surface area (Å²) in [5.41, 5.74) is 1.17. The minimum atomic E-state index is 0.455. The van der Waals surface area contributed by atoms with E-state index in [0.29, 0.717) is 12.6 Å². The maximum Gasteiger partial charge on any atom is 0.175 e. The van der Waals surface area contributed by atoms with E-state index in [1.54, 1.807) is 7.11 Å². The van der Waals surface area contributed by atoms with Gasteiger partial charge >= 0.3 is 0 Å². The van der Waals surface area contributed by atoms with Crippen molar-refractivity contribution in [2.75, 3.05) is 26.9 Å². The Kier molecular flexibility index (Phi) is 5.48. The minimum absolute atomic E-state index is 0.455. The standard InChI is InChI=1S/C14H20BrNO3/c1-3-19-14-12(15)6-10(7-13(14)17-2)8-16-11-4-5-18-9-11/h6-7,11,16H,3-5,8-9H2,1-2H3. The molecule has 19 heavy (non-hydrogen) atoms. The van der Waals surface area contributed by atoms with Crippen molar-refractivity contribution in [3.05, 3.63) is 22.2 Å². The van der Waals surface area contributed by atoms with Gasteiger partial charge in [0.25, 0.3) is 0 Å². The summed E-state index contributed by atoms with van der Waals surface area (Å²) >= 11 is 3.54. The molecule has 1 aliphatic rings. The number of nitrogens with one attached hydrogen (secondary N) is 1. The fourth-order valence-corrected chi connectivity index (χ4v) is 2.72. The Bertz CT molecular complexity index is 419. The van der Waals surface area contributed by atoms with Crippen LogP contribution >= 0.6 is 15.9 Å². The van der Waals surface area contributed by atoms with Gasteiger partial charge in [0.15, 0.2) is 11.5 Å². The molecule has 0 radical (unpaired) electrons. The molecule has 4 nitrogen and oxygen atoms in total. The Labute approximate surface area is 122 Å². The highest BCUT2D eigenvalue weighted by molar-refractivity contribution is 9.10. The molecule has 1 aliphatic heterocycles. The molecular formula is C14H20BrNO3. The van der Waals surface area contributed by atoms with E-state index < -0.39 is 0 Å². The third-order valence-corrected chi connectivity index (χ3v) is 3.69. The van der Waals surface area contributed by atoms with Gasteiger partial charge in [-0.05, 0) is 47.0 Å². The summed E-state index contributed by atoms with van der Waals surface area (Å²) in [6.45, 7) is 5.03. The Hall–Kier alpha value is -0.780. The second-order valence-corrected chi connectivity index (χ2v) is 5.34. The van der Waals surface area contributed by atoms with Gasteiger partial charge in [-0.1, -0.05) is 0 Å². The highest BCUT2D eigenvalue weighted by atomic mass is 79.9. The normalized spacial score (nSPS) is 18.6. The number of rotatable bonds is 6. The van der Waals surface area contributed by atoms with E-state index in [4.69, 9.17) is 14.2 Å². The molecule has 1 fully saturated rings. The summed E-state index contributed by atoms with van der Waals surface area (Å²) in [5.74, 6) is 1.52. The number of hydrogen-bond acceptors (Lipinski definition) is 4. The zero-order chi connectivity index (χ0) is 13.7. The summed E-state index contributed by atoms with van der Waals surface area (Å²) < 4.78 is 17.2. The lowest BCUT2D eigenvalue weighted by Gasteiger charge is -2.15. The second-order valence-electron chi connectivity index (χ2n) is 4.48. The average Bonchev–Trinajstić information content (AvgIpc) is 2.92. The molecule has 0 aliphatic carbocycles. The molecule has 0 bridgehead atoms. The minimum Gasteiger partial charge on any atom is -0.493 e. The van der Waals surface area contributed by atoms with Crippen LogP contribution in [0.4, 0.5) is 0 Å². The predicted octanol–water partition coefficient (Wildman–Crippen LogP) is 2.73. The van der Waals surface area contributed by atoms with Gasteiger partial charge in [0, 0.05) is 19.2 Å². The Morgan fingerprint density at radius 3 is 2.95 bits per heavy atom. The fourth-order valence-electron chi connectivity index (χ4n) is 2.12. The third kappa shape index (κ3) is 3.84. The lowest BCUT2D eigenvalue weighted by atomic mass is 10.1. The lowest BCUT2D eigenvalue weighted by Crippen LogP contribution is -2.28. The molecular weight excluding hydrogens is 310 g/mol. The summed E-state index contributed by atoms with van der Waals surface area (Å²) in [6.07, 6.45) is 1.08. The van der Waals surface area contributed by atoms with Crippen LogP contribution in [-0.4, -0.2) is 33.0 Å². The first kappa shape index (κ1) is 14.6. The molecule has 0 amide bonds. The SMILES string of the molecule is CCOc1c(Br)cc(CNC2CCOC2)cc1OC. The molecule has 1 atom stereocenters. The van der Waals surface area contributed by atoms with Gasteiger partial charge in [0.1, 0.15) is 0 Å². The maximum absolute atomic E-state index is 5.58. The van der Waals surface area contributed by atoms with E-state index >= 15 is 0 Å². The summed E-state index contributed by atoms with van der Waals surface area (Å²) in [7, 11) is 1.66. The number of ether oxygens (including phenoxy) is 3. The van der Waals surface area contributed by atoms with Crippen molar-refractivity contribution in [2.45, 2.75) is 25.9 Å². The second kappa shape index (κ2) is 7.12. The average molecular weight is 330 g/mol. The van der Waals surface area contributed by atoms with E-state index in [1.165, 1.54) is 5.56 Å². The van der Waals surface area contributed by atoms with E-state index in [2.05, 4.69) is 27.3 Å². The molecule has 5 heteroatoms. The smallest absolute Gasteiger partial charge is 0.175 e. The quantitative estimate of drug-likeness (QED) is 0.871. The van der Waals surface area contributed by atoms with Crippen LogP contribution in [0.1, 0.15) is 18.9 Å². The van der Waals surface area contributed by atoms with E-state index in [0.717, 1.165) is 42.2 Å². The maximum atomic E-state index is 5.58. The molecule has 1 unspecified atom stereocenters. The molecule has 1 aromatic rings. The van der Waals surface area contributed by atoms with Crippen molar-refractivity contribution in [3.8, 4) is 11.5 Å². The number of benzene rings is 1. The van der Waals surface area contributed by atoms with Gasteiger partial charge in [0.05, 0.1) is 24.8 Å². The van der Waals surface area contributed by atoms with E-state index in [9.17, 15) is 0 Å². The van der Waals surface area contributed by atoms with Crippen LogP contribution < -0.4 is 14.8 Å². The van der Waals surface area contributed by atoms with Crippen molar-refractivity contribution < 1.29 is 14.2 Å². The van der Waals surface area contributed by atoms with Gasteiger partial charge in [-0.2, -0.15) is 0 Å². The van der Waals surface area contributed by atoms with Crippen LogP contribution in [0.25, 0.3) is 0 Å². The highest BCUT2D eigenvalue weighted by Gasteiger charge is 2.16. The first-order valence-corrected chi connectivity index (χ1v) is 7.34. The number of hydrogen-bond donors (Lipinski definition) is 1. The summed E-state index contributed by atoms with van der Waals surface area (Å²) in [6, 6.07) is 4.53. The fraction of sp³-hybridized carbons (Fsp3) is 0.571. The van der Waals surface area contributed by atoms with Gasteiger partial charge in [0.2, 0.25) is 0 Å². The van der Waals surface area contributed by atoms with Crippen LogP contribution in [-0.2, 0) is 11.3 Å². The van der Waals surface area contributed by atoms with E-state index in [-0.39, 0.29) is 0 Å². The topological polar surface area (TPSA) is 39.7 Å². The molecule has 0 saturated carbocycles. The van der Waals surface area contributed by atoms with Crippen LogP contribution in [0, 0.1) is 0 Å². The molecule has 1 saturated heterocycles. The first-order valence-electron chi connectivity index (χ1n) is 6.55. The van der Waals surface area contributed by atoms with Crippen molar-refractivity contribution in [1.29, 1.82) is 0 Å². The van der Waals surface area contributed by atoms with Gasteiger partial charge in [-0.25, -0.2) is 0 Å². The zero-order valence-corrected chi connectivity index (χ0v) is 13.0. The molecule has 106 valence electrons.